The Morgan fingerprint density at radius 3 is 2.27 bits per heavy atom. The Balaban J connectivity index is 2.24. The second-order valence-corrected chi connectivity index (χ2v) is 3.76. The maximum absolute atomic E-state index is 9.30. The van der Waals surface area contributed by atoms with Crippen LogP contribution in [-0.2, 0) is 0 Å². The highest BCUT2D eigenvalue weighted by molar-refractivity contribution is 4.75. The Morgan fingerprint density at radius 2 is 1.91 bits per heavy atom. The van der Waals surface area contributed by atoms with Gasteiger partial charge in [-0.25, -0.2) is 0 Å². The van der Waals surface area contributed by atoms with Crippen molar-refractivity contribution < 1.29 is 5.11 Å². The van der Waals surface area contributed by atoms with Crippen LogP contribution in [0, 0.1) is 11.8 Å². The monoisotopic (exact) mass is 157 g/mol. The van der Waals surface area contributed by atoms with E-state index in [2.05, 4.69) is 0 Å². The van der Waals surface area contributed by atoms with Gasteiger partial charge in [0.05, 0.1) is 6.10 Å². The van der Waals surface area contributed by atoms with Crippen molar-refractivity contribution in [1.29, 1.82) is 0 Å². The number of aliphatic hydroxyl groups is 1. The second-order valence-electron chi connectivity index (χ2n) is 3.76. The average molecular weight is 157 g/mol. The van der Waals surface area contributed by atoms with Crippen LogP contribution in [0.15, 0.2) is 0 Å². The predicted octanol–water partition coefficient (Wildman–Crippen LogP) is 1.13. The highest BCUT2D eigenvalue weighted by Gasteiger charge is 2.22. The Labute approximate surface area is 68.8 Å². The highest BCUT2D eigenvalue weighted by atomic mass is 16.3. The van der Waals surface area contributed by atoms with E-state index in [1.165, 1.54) is 25.7 Å². The molecule has 0 radical (unpaired) electrons. The Bertz CT molecular complexity index is 106. The molecule has 0 aromatic heterocycles. The summed E-state index contributed by atoms with van der Waals surface area (Å²) in [4.78, 5) is 0. The number of hydrogen-bond donors (Lipinski definition) is 2. The van der Waals surface area contributed by atoms with Crippen molar-refractivity contribution in [2.75, 3.05) is 6.54 Å². The lowest BCUT2D eigenvalue weighted by Gasteiger charge is -2.29. The van der Waals surface area contributed by atoms with Crippen LogP contribution >= 0.6 is 0 Å². The molecule has 0 bridgehead atoms. The van der Waals surface area contributed by atoms with E-state index < -0.39 is 0 Å². The van der Waals surface area contributed by atoms with Gasteiger partial charge in [-0.1, -0.05) is 0 Å². The molecule has 0 saturated heterocycles. The fourth-order valence-electron chi connectivity index (χ4n) is 1.91. The van der Waals surface area contributed by atoms with E-state index in [9.17, 15) is 5.11 Å². The van der Waals surface area contributed by atoms with Crippen molar-refractivity contribution in [3.8, 4) is 0 Å². The summed E-state index contributed by atoms with van der Waals surface area (Å²) in [5.41, 5.74) is 5.56. The first-order valence-electron chi connectivity index (χ1n) is 4.62. The minimum Gasteiger partial charge on any atom is -0.393 e. The molecule has 0 aromatic carbocycles. The number of aliphatic hydroxyl groups excluding tert-OH is 1. The maximum Gasteiger partial charge on any atom is 0.0540 e. The molecule has 2 nitrogen and oxygen atoms in total. The van der Waals surface area contributed by atoms with Gasteiger partial charge in [0.2, 0.25) is 0 Å². The molecule has 2 heteroatoms. The molecule has 1 aliphatic carbocycles. The van der Waals surface area contributed by atoms with Crippen molar-refractivity contribution >= 4 is 0 Å². The zero-order chi connectivity index (χ0) is 8.27. The van der Waals surface area contributed by atoms with Crippen LogP contribution in [0.3, 0.4) is 0 Å². The molecule has 11 heavy (non-hydrogen) atoms. The van der Waals surface area contributed by atoms with Gasteiger partial charge in [0.15, 0.2) is 0 Å². The first-order valence-corrected chi connectivity index (χ1v) is 4.62. The Kier molecular flexibility index (Phi) is 3.34. The summed E-state index contributed by atoms with van der Waals surface area (Å²) in [6.07, 6.45) is 4.64. The highest BCUT2D eigenvalue weighted by Crippen LogP contribution is 2.29. The van der Waals surface area contributed by atoms with Crippen LogP contribution in [-0.4, -0.2) is 17.8 Å². The maximum atomic E-state index is 9.30. The molecule has 1 saturated carbocycles. The van der Waals surface area contributed by atoms with E-state index in [1.54, 1.807) is 0 Å². The molecule has 66 valence electrons. The third-order valence-electron chi connectivity index (χ3n) is 2.91. The number of nitrogens with two attached hydrogens (primary N) is 1. The van der Waals surface area contributed by atoms with E-state index in [4.69, 9.17) is 5.73 Å². The van der Waals surface area contributed by atoms with Crippen molar-refractivity contribution in [3.05, 3.63) is 0 Å². The van der Waals surface area contributed by atoms with Crippen LogP contribution in [0.5, 0.6) is 0 Å². The first kappa shape index (κ1) is 9.01. The molecule has 0 unspecified atom stereocenters. The van der Waals surface area contributed by atoms with Crippen molar-refractivity contribution in [1.82, 2.24) is 0 Å². The second kappa shape index (κ2) is 4.07. The predicted molar refractivity (Wildman–Crippen MR) is 46.2 cm³/mol. The van der Waals surface area contributed by atoms with Gasteiger partial charge in [-0.2, -0.15) is 0 Å². The van der Waals surface area contributed by atoms with Crippen molar-refractivity contribution in [2.45, 2.75) is 38.7 Å². The summed E-state index contributed by atoms with van der Waals surface area (Å²) in [5.74, 6) is 1.27. The smallest absolute Gasteiger partial charge is 0.0540 e. The van der Waals surface area contributed by atoms with Crippen LogP contribution in [0.4, 0.5) is 0 Å². The van der Waals surface area contributed by atoms with Gasteiger partial charge in [0, 0.05) is 0 Å². The topological polar surface area (TPSA) is 46.2 Å². The molecule has 1 fully saturated rings. The molecule has 1 rings (SSSR count). The lowest BCUT2D eigenvalue weighted by molar-refractivity contribution is 0.0896. The normalized spacial score (nSPS) is 35.2. The molecule has 0 aromatic rings. The lowest BCUT2D eigenvalue weighted by atomic mass is 9.80. The molecule has 0 amide bonds. The molecular weight excluding hydrogens is 138 g/mol. The van der Waals surface area contributed by atoms with Gasteiger partial charge in [0.1, 0.15) is 0 Å². The van der Waals surface area contributed by atoms with E-state index in [0.717, 1.165) is 12.5 Å². The Hall–Kier alpha value is -0.0800. The quantitative estimate of drug-likeness (QED) is 0.631. The summed E-state index contributed by atoms with van der Waals surface area (Å²) in [7, 11) is 0. The van der Waals surface area contributed by atoms with E-state index in [-0.39, 0.29) is 6.10 Å². The van der Waals surface area contributed by atoms with Gasteiger partial charge >= 0.3 is 0 Å². The first-order chi connectivity index (χ1) is 5.24. The molecule has 1 atom stereocenters. The van der Waals surface area contributed by atoms with Gasteiger partial charge in [-0.05, 0) is 51.0 Å². The van der Waals surface area contributed by atoms with Crippen LogP contribution in [0.25, 0.3) is 0 Å². The molecule has 3 N–H and O–H groups in total. The summed E-state index contributed by atoms with van der Waals surface area (Å²) < 4.78 is 0. The zero-order valence-corrected chi connectivity index (χ0v) is 7.29. The summed E-state index contributed by atoms with van der Waals surface area (Å²) >= 11 is 0. The number of hydrogen-bond acceptors (Lipinski definition) is 2. The van der Waals surface area contributed by atoms with Crippen molar-refractivity contribution in [2.24, 2.45) is 17.6 Å². The standard InChI is InChI=1S/C9H19NO/c1-7(11)9-4-2-8(6-10)3-5-9/h7-9,11H,2-6,10H2,1H3/t7-,8-,9-/m0/s1. The third-order valence-corrected chi connectivity index (χ3v) is 2.91. The third kappa shape index (κ3) is 2.46. The van der Waals surface area contributed by atoms with Gasteiger partial charge in [-0.15, -0.1) is 0 Å². The summed E-state index contributed by atoms with van der Waals surface area (Å²) in [5, 5.41) is 9.30. The summed E-state index contributed by atoms with van der Waals surface area (Å²) in [6.45, 7) is 2.72. The molecule has 0 spiro atoms. The van der Waals surface area contributed by atoms with Gasteiger partial charge in [-0.3, -0.25) is 0 Å². The minimum atomic E-state index is -0.117. The van der Waals surface area contributed by atoms with Crippen LogP contribution in [0.2, 0.25) is 0 Å². The van der Waals surface area contributed by atoms with Crippen molar-refractivity contribution in [3.63, 3.8) is 0 Å². The minimum absolute atomic E-state index is 0.117. The molecule has 0 aliphatic heterocycles. The molecular formula is C9H19NO. The summed E-state index contributed by atoms with van der Waals surface area (Å²) in [6, 6.07) is 0. The van der Waals surface area contributed by atoms with E-state index >= 15 is 0 Å². The fraction of sp³-hybridized carbons (Fsp3) is 1.00. The molecule has 0 heterocycles. The van der Waals surface area contributed by atoms with E-state index in [0.29, 0.717) is 5.92 Å². The van der Waals surface area contributed by atoms with E-state index in [1.807, 2.05) is 6.92 Å². The SMILES string of the molecule is C[C@H](O)[C@H]1CC[C@H](CN)CC1. The lowest BCUT2D eigenvalue weighted by Crippen LogP contribution is -2.26. The fourth-order valence-corrected chi connectivity index (χ4v) is 1.91. The largest absolute Gasteiger partial charge is 0.393 e. The van der Waals surface area contributed by atoms with Crippen LogP contribution < -0.4 is 5.73 Å². The zero-order valence-electron chi connectivity index (χ0n) is 7.29. The average Bonchev–Trinajstić information content (AvgIpc) is 2.05. The Morgan fingerprint density at radius 1 is 1.36 bits per heavy atom. The molecule has 1 aliphatic rings. The number of rotatable bonds is 2. The van der Waals surface area contributed by atoms with Crippen LogP contribution in [0.1, 0.15) is 32.6 Å². The van der Waals surface area contributed by atoms with Gasteiger partial charge in [0.25, 0.3) is 0 Å². The van der Waals surface area contributed by atoms with Gasteiger partial charge < -0.3 is 10.8 Å².